The molecule has 0 fully saturated rings. The lowest BCUT2D eigenvalue weighted by Gasteiger charge is -2.11. The smallest absolute Gasteiger partial charge is 0.250 e. The van der Waals surface area contributed by atoms with E-state index in [-0.39, 0.29) is 11.7 Å². The number of aromatic nitrogens is 3. The number of thioether (sulfide) groups is 1. The summed E-state index contributed by atoms with van der Waals surface area (Å²) in [6.07, 6.45) is 1.55. The molecule has 1 heterocycles. The number of carbonyl (C=O) groups excluding carboxylic acids is 1. The van der Waals surface area contributed by atoms with E-state index in [1.165, 1.54) is 11.8 Å². The van der Waals surface area contributed by atoms with E-state index in [4.69, 9.17) is 25.8 Å². The molecule has 0 aliphatic heterocycles. The maximum absolute atomic E-state index is 12.7. The van der Waals surface area contributed by atoms with Crippen LogP contribution in [0.5, 0.6) is 17.2 Å². The molecular weight excluding hydrogens is 586 g/mol. The number of hydrogen-bond donors (Lipinski definition) is 1. The normalized spacial score (nSPS) is 11.0. The highest BCUT2D eigenvalue weighted by molar-refractivity contribution is 7.99. The van der Waals surface area contributed by atoms with E-state index in [0.29, 0.717) is 34.1 Å². The third kappa shape index (κ3) is 7.73. The van der Waals surface area contributed by atoms with Crippen molar-refractivity contribution in [3.63, 3.8) is 0 Å². The molecule has 0 radical (unpaired) electrons. The van der Waals surface area contributed by atoms with E-state index < -0.39 is 0 Å². The van der Waals surface area contributed by atoms with Gasteiger partial charge in [0.1, 0.15) is 12.4 Å². The number of halogens is 1. The van der Waals surface area contributed by atoms with Gasteiger partial charge < -0.3 is 14.2 Å². The van der Waals surface area contributed by atoms with Gasteiger partial charge >= 0.3 is 0 Å². The molecule has 0 spiro atoms. The van der Waals surface area contributed by atoms with E-state index in [1.807, 2.05) is 83.4 Å². The first-order valence-electron chi connectivity index (χ1n) is 13.2. The van der Waals surface area contributed by atoms with Crippen LogP contribution in [0, 0.1) is 0 Å². The Kier molecular flexibility index (Phi) is 9.94. The van der Waals surface area contributed by atoms with E-state index in [1.54, 1.807) is 38.6 Å². The van der Waals surface area contributed by atoms with Gasteiger partial charge in [-0.25, -0.2) is 5.43 Å². The van der Waals surface area contributed by atoms with Crippen LogP contribution in [0.25, 0.3) is 17.1 Å². The predicted molar refractivity (Wildman–Crippen MR) is 169 cm³/mol. The maximum atomic E-state index is 12.7. The van der Waals surface area contributed by atoms with Crippen LogP contribution in [0.2, 0.25) is 5.02 Å². The van der Waals surface area contributed by atoms with Crippen molar-refractivity contribution in [3.05, 3.63) is 113 Å². The Bertz CT molecular complexity index is 1690. The summed E-state index contributed by atoms with van der Waals surface area (Å²) in [6.45, 7) is 0.395. The second-order valence-corrected chi connectivity index (χ2v) is 10.5. The third-order valence-corrected chi connectivity index (χ3v) is 7.41. The molecule has 0 unspecified atom stereocenters. The topological polar surface area (TPSA) is 99.9 Å². The first kappa shape index (κ1) is 29.7. The standard InChI is InChI=1S/C32H28ClN5O4S/c1-40-27-15-9-24(10-16-27)31-36-37-32(38(31)26-13-11-25(33)12-14-26)43-21-30(39)35-34-19-23-8-17-28(41-2)29(18-23)42-20-22-6-4-3-5-7-22/h3-19H,20-21H2,1-2H3,(H,35,39)/b34-19+. The second-order valence-electron chi connectivity index (χ2n) is 9.11. The van der Waals surface area contributed by atoms with Crippen molar-refractivity contribution < 1.29 is 19.0 Å². The average Bonchev–Trinajstić information content (AvgIpc) is 3.47. The molecule has 43 heavy (non-hydrogen) atoms. The lowest BCUT2D eigenvalue weighted by molar-refractivity contribution is -0.118. The number of nitrogens with zero attached hydrogens (tertiary/aromatic N) is 4. The van der Waals surface area contributed by atoms with Gasteiger partial charge in [0.05, 0.1) is 26.2 Å². The second kappa shape index (κ2) is 14.4. The summed E-state index contributed by atoms with van der Waals surface area (Å²) in [5.74, 6) is 2.31. The molecule has 5 aromatic rings. The van der Waals surface area contributed by atoms with Gasteiger partial charge in [-0.3, -0.25) is 9.36 Å². The van der Waals surface area contributed by atoms with Crippen LogP contribution in [-0.2, 0) is 11.4 Å². The quantitative estimate of drug-likeness (QED) is 0.0984. The highest BCUT2D eigenvalue weighted by Gasteiger charge is 2.17. The van der Waals surface area contributed by atoms with Crippen molar-refractivity contribution in [3.8, 4) is 34.3 Å². The number of ether oxygens (including phenoxy) is 3. The first-order valence-corrected chi connectivity index (χ1v) is 14.6. The number of hydrogen-bond acceptors (Lipinski definition) is 8. The molecule has 0 saturated heterocycles. The van der Waals surface area contributed by atoms with Gasteiger partial charge in [0.2, 0.25) is 0 Å². The van der Waals surface area contributed by atoms with Crippen LogP contribution in [0.4, 0.5) is 0 Å². The minimum absolute atomic E-state index is 0.0692. The molecule has 0 atom stereocenters. The first-order chi connectivity index (χ1) is 21.0. The van der Waals surface area contributed by atoms with Crippen LogP contribution in [0.15, 0.2) is 107 Å². The van der Waals surface area contributed by atoms with Crippen molar-refractivity contribution in [1.29, 1.82) is 0 Å². The Morgan fingerprint density at radius 1 is 0.930 bits per heavy atom. The van der Waals surface area contributed by atoms with Crippen molar-refractivity contribution in [1.82, 2.24) is 20.2 Å². The number of hydrazone groups is 1. The van der Waals surface area contributed by atoms with Gasteiger partial charge in [0.15, 0.2) is 22.5 Å². The molecule has 4 aromatic carbocycles. The summed E-state index contributed by atoms with van der Waals surface area (Å²) in [4.78, 5) is 12.7. The lowest BCUT2D eigenvalue weighted by Crippen LogP contribution is -2.20. The van der Waals surface area contributed by atoms with Gasteiger partial charge in [-0.05, 0) is 77.9 Å². The largest absolute Gasteiger partial charge is 0.497 e. The minimum atomic E-state index is -0.299. The van der Waals surface area contributed by atoms with E-state index >= 15 is 0 Å². The SMILES string of the molecule is COc1ccc(-c2nnc(SCC(=O)N/N=C/c3ccc(OC)c(OCc4ccccc4)c3)n2-c2ccc(Cl)cc2)cc1. The molecule has 1 amide bonds. The Hall–Kier alpha value is -4.80. The lowest BCUT2D eigenvalue weighted by atomic mass is 10.2. The molecule has 1 aromatic heterocycles. The molecule has 5 rings (SSSR count). The summed E-state index contributed by atoms with van der Waals surface area (Å²) >= 11 is 7.37. The fourth-order valence-corrected chi connectivity index (χ4v) is 4.95. The van der Waals surface area contributed by atoms with Crippen molar-refractivity contribution in [2.75, 3.05) is 20.0 Å². The fraction of sp³-hybridized carbons (Fsp3) is 0.125. The summed E-state index contributed by atoms with van der Waals surface area (Å²) in [5, 5.41) is 14.1. The van der Waals surface area contributed by atoms with Crippen LogP contribution in [0.3, 0.4) is 0 Å². The zero-order valence-electron chi connectivity index (χ0n) is 23.4. The molecule has 0 aliphatic carbocycles. The Labute approximate surface area is 258 Å². The molecule has 1 N–H and O–H groups in total. The van der Waals surface area contributed by atoms with Gasteiger partial charge in [-0.1, -0.05) is 53.7 Å². The molecule has 11 heteroatoms. The molecule has 0 saturated carbocycles. The molecular formula is C32H28ClN5O4S. The number of benzene rings is 4. The van der Waals surface area contributed by atoms with Crippen molar-refractivity contribution in [2.45, 2.75) is 11.8 Å². The third-order valence-electron chi connectivity index (χ3n) is 6.23. The fourth-order valence-electron chi connectivity index (χ4n) is 4.08. The Balaban J connectivity index is 1.25. The monoisotopic (exact) mass is 613 g/mol. The van der Waals surface area contributed by atoms with Crippen LogP contribution < -0.4 is 19.6 Å². The summed E-state index contributed by atoms with van der Waals surface area (Å²) in [7, 11) is 3.20. The summed E-state index contributed by atoms with van der Waals surface area (Å²) < 4.78 is 18.5. The minimum Gasteiger partial charge on any atom is -0.497 e. The number of amides is 1. The predicted octanol–water partition coefficient (Wildman–Crippen LogP) is 6.43. The average molecular weight is 614 g/mol. The van der Waals surface area contributed by atoms with Gasteiger partial charge in [0.25, 0.3) is 5.91 Å². The van der Waals surface area contributed by atoms with Gasteiger partial charge in [-0.2, -0.15) is 5.10 Å². The summed E-state index contributed by atoms with van der Waals surface area (Å²) in [6, 6.07) is 30.1. The zero-order chi connectivity index (χ0) is 30.0. The highest BCUT2D eigenvalue weighted by atomic mass is 35.5. The Morgan fingerprint density at radius 3 is 2.42 bits per heavy atom. The van der Waals surface area contributed by atoms with Crippen molar-refractivity contribution >= 4 is 35.5 Å². The summed E-state index contributed by atoms with van der Waals surface area (Å²) in [5.41, 5.74) is 6.01. The van der Waals surface area contributed by atoms with Crippen LogP contribution in [-0.4, -0.2) is 46.9 Å². The van der Waals surface area contributed by atoms with Crippen molar-refractivity contribution in [2.24, 2.45) is 5.10 Å². The number of nitrogens with one attached hydrogen (secondary N) is 1. The van der Waals surface area contributed by atoms with E-state index in [2.05, 4.69) is 20.7 Å². The van der Waals surface area contributed by atoms with Gasteiger partial charge in [0, 0.05) is 16.3 Å². The number of carbonyl (C=O) groups is 1. The molecule has 0 aliphatic rings. The highest BCUT2D eigenvalue weighted by Crippen LogP contribution is 2.30. The molecule has 218 valence electrons. The van der Waals surface area contributed by atoms with Crippen LogP contribution in [0.1, 0.15) is 11.1 Å². The molecule has 9 nitrogen and oxygen atoms in total. The number of methoxy groups -OCH3 is 2. The van der Waals surface area contributed by atoms with Crippen LogP contribution >= 0.6 is 23.4 Å². The Morgan fingerprint density at radius 2 is 1.70 bits per heavy atom. The van der Waals surface area contributed by atoms with Gasteiger partial charge in [-0.15, -0.1) is 10.2 Å². The van der Waals surface area contributed by atoms with E-state index in [0.717, 1.165) is 28.1 Å². The zero-order valence-corrected chi connectivity index (χ0v) is 25.0. The maximum Gasteiger partial charge on any atom is 0.250 e. The molecule has 0 bridgehead atoms. The number of rotatable bonds is 12. The van der Waals surface area contributed by atoms with E-state index in [9.17, 15) is 4.79 Å².